The number of allylic oxidation sites excluding steroid dienone is 6. The summed E-state index contributed by atoms with van der Waals surface area (Å²) in [4.78, 5) is 28.0. The highest BCUT2D eigenvalue weighted by Gasteiger charge is 2.45. The molecule has 14 heteroatoms. The number of rotatable bonds is 19. The Hall–Kier alpha value is -5.56. The normalized spacial score (nSPS) is 16.2. The van der Waals surface area contributed by atoms with Crippen molar-refractivity contribution >= 4 is 38.8 Å². The van der Waals surface area contributed by atoms with E-state index < -0.39 is 15.5 Å². The maximum atomic E-state index is 12.3. The Kier molecular flexibility index (Phi) is 14.1. The lowest BCUT2D eigenvalue weighted by molar-refractivity contribution is -0.438. The van der Waals surface area contributed by atoms with Crippen molar-refractivity contribution in [3.63, 3.8) is 0 Å². The summed E-state index contributed by atoms with van der Waals surface area (Å²) in [6.45, 7) is 12.9. The topological polar surface area (TPSA) is 182 Å². The molecule has 2 aliphatic heterocycles. The molecule has 0 fully saturated rings. The zero-order valence-corrected chi connectivity index (χ0v) is 34.8. The van der Waals surface area contributed by atoms with E-state index in [-0.39, 0.29) is 26.8 Å². The molecule has 0 saturated heterocycles. The number of nitro benzene ring substituents is 1. The molecule has 0 unspecified atom stereocenters. The first-order valence-corrected chi connectivity index (χ1v) is 21.2. The lowest BCUT2D eigenvalue weighted by Gasteiger charge is -2.27. The smallest absolute Gasteiger partial charge is 0.294 e. The van der Waals surface area contributed by atoms with E-state index in [4.69, 9.17) is 5.53 Å². The van der Waals surface area contributed by atoms with Crippen LogP contribution in [-0.4, -0.2) is 60.3 Å². The van der Waals surface area contributed by atoms with Gasteiger partial charge in [0.05, 0.1) is 15.2 Å². The third kappa shape index (κ3) is 10.3. The van der Waals surface area contributed by atoms with Gasteiger partial charge >= 0.3 is 0 Å². The van der Waals surface area contributed by atoms with Crippen molar-refractivity contribution in [3.05, 3.63) is 140 Å². The molecule has 13 nitrogen and oxygen atoms in total. The van der Waals surface area contributed by atoms with Crippen LogP contribution in [0.25, 0.3) is 10.4 Å². The number of nitrogens with one attached hydrogen (secondary N) is 1. The molecule has 5 rings (SSSR count). The van der Waals surface area contributed by atoms with Crippen molar-refractivity contribution in [1.82, 2.24) is 5.32 Å². The molecule has 58 heavy (non-hydrogen) atoms. The fourth-order valence-electron chi connectivity index (χ4n) is 7.91. The Labute approximate surface area is 341 Å². The second-order valence-electron chi connectivity index (χ2n) is 15.9. The number of unbranched alkanes of at least 4 members (excludes halogenated alkanes) is 2. The molecule has 0 bridgehead atoms. The SMILES string of the molecule is Cc1ccc2c(c1)C(C)(C)C(=CC=CC=CC1=[N+](CCCCCC(=O)NCCCN=[N+]=[N-])c3ccc(S(=O)(=O)O)cc3C1(C)C)N2CCCc1ccc([N+](=O)[O-])cc1. The number of azide groups is 1. The van der Waals surface area contributed by atoms with E-state index in [1.54, 1.807) is 24.3 Å². The maximum absolute atomic E-state index is 12.3. The van der Waals surface area contributed by atoms with Crippen LogP contribution < -0.4 is 10.2 Å². The van der Waals surface area contributed by atoms with Crippen LogP contribution >= 0.6 is 0 Å². The van der Waals surface area contributed by atoms with Gasteiger partial charge in [-0.05, 0) is 93.8 Å². The van der Waals surface area contributed by atoms with Gasteiger partial charge in [0.1, 0.15) is 6.54 Å². The third-order valence-corrected chi connectivity index (χ3v) is 11.9. The minimum atomic E-state index is -4.40. The van der Waals surface area contributed by atoms with Crippen molar-refractivity contribution in [3.8, 4) is 0 Å². The zero-order valence-electron chi connectivity index (χ0n) is 34.0. The Morgan fingerprint density at radius 1 is 0.966 bits per heavy atom. The zero-order chi connectivity index (χ0) is 42.1. The van der Waals surface area contributed by atoms with Crippen LogP contribution in [0.4, 0.5) is 17.1 Å². The van der Waals surface area contributed by atoms with Gasteiger partial charge in [0, 0.05) is 84.0 Å². The molecule has 306 valence electrons. The number of non-ortho nitro benzene ring substituents is 1. The second-order valence-corrected chi connectivity index (χ2v) is 17.3. The average molecular weight is 809 g/mol. The number of nitro groups is 1. The molecule has 0 spiro atoms. The summed E-state index contributed by atoms with van der Waals surface area (Å²) >= 11 is 0. The number of nitrogens with zero attached hydrogens (tertiary/aromatic N) is 6. The van der Waals surface area contributed by atoms with E-state index in [0.29, 0.717) is 38.9 Å². The van der Waals surface area contributed by atoms with E-state index in [0.717, 1.165) is 54.8 Å². The van der Waals surface area contributed by atoms with Crippen molar-refractivity contribution in [1.29, 1.82) is 0 Å². The monoisotopic (exact) mass is 808 g/mol. The van der Waals surface area contributed by atoms with Gasteiger partial charge in [0.15, 0.2) is 5.71 Å². The third-order valence-electron chi connectivity index (χ3n) is 11.0. The van der Waals surface area contributed by atoms with E-state index in [2.05, 4.69) is 75.9 Å². The molecule has 2 heterocycles. The molecule has 2 aliphatic rings. The van der Waals surface area contributed by atoms with E-state index in [9.17, 15) is 27.9 Å². The van der Waals surface area contributed by atoms with Gasteiger partial charge < -0.3 is 10.2 Å². The summed E-state index contributed by atoms with van der Waals surface area (Å²) in [5.74, 6) is -0.0337. The van der Waals surface area contributed by atoms with Gasteiger partial charge in [-0.2, -0.15) is 13.0 Å². The van der Waals surface area contributed by atoms with Crippen LogP contribution in [-0.2, 0) is 32.2 Å². The molecule has 0 radical (unpaired) electrons. The van der Waals surface area contributed by atoms with Crippen molar-refractivity contribution in [2.75, 3.05) is 31.1 Å². The fraction of sp³-hybridized carbons (Fsp3) is 0.409. The summed E-state index contributed by atoms with van der Waals surface area (Å²) in [6.07, 6.45) is 15.2. The minimum absolute atomic E-state index is 0.0337. The number of anilines is 1. The largest absolute Gasteiger partial charge is 0.356 e. The molecule has 0 aromatic heterocycles. The average Bonchev–Trinajstić information content (AvgIpc) is 3.51. The summed E-state index contributed by atoms with van der Waals surface area (Å²) < 4.78 is 36.3. The molecule has 0 saturated carbocycles. The number of benzene rings is 3. The summed E-state index contributed by atoms with van der Waals surface area (Å²) in [7, 11) is -4.40. The molecular weight excluding hydrogens is 755 g/mol. The van der Waals surface area contributed by atoms with Crippen molar-refractivity contribution < 1.29 is 27.3 Å². The Morgan fingerprint density at radius 2 is 1.72 bits per heavy atom. The predicted octanol–water partition coefficient (Wildman–Crippen LogP) is 9.33. The number of fused-ring (bicyclic) bond motifs is 2. The highest BCUT2D eigenvalue weighted by molar-refractivity contribution is 7.85. The Bertz CT molecular complexity index is 2300. The molecular formula is C44H54N7O6S+. The van der Waals surface area contributed by atoms with Crippen molar-refractivity contribution in [2.24, 2.45) is 5.11 Å². The predicted molar refractivity (Wildman–Crippen MR) is 229 cm³/mol. The first kappa shape index (κ1) is 43.6. The molecule has 0 atom stereocenters. The lowest BCUT2D eigenvalue weighted by Crippen LogP contribution is -2.28. The summed E-state index contributed by atoms with van der Waals surface area (Å²) in [5.41, 5.74) is 16.2. The van der Waals surface area contributed by atoms with Gasteiger partial charge in [-0.25, -0.2) is 0 Å². The maximum Gasteiger partial charge on any atom is 0.294 e. The Balaban J connectivity index is 1.33. The number of carbonyl (C=O) groups excluding carboxylic acids is 1. The summed E-state index contributed by atoms with van der Waals surface area (Å²) in [6, 6.07) is 18.1. The van der Waals surface area contributed by atoms with Crippen molar-refractivity contribution in [2.45, 2.75) is 95.3 Å². The van der Waals surface area contributed by atoms with Crippen LogP contribution in [0.3, 0.4) is 0 Å². The number of carbonyl (C=O) groups is 1. The number of hydrogen-bond acceptors (Lipinski definition) is 7. The van der Waals surface area contributed by atoms with Crippen LogP contribution in [0.1, 0.15) is 88.5 Å². The lowest BCUT2D eigenvalue weighted by atomic mass is 9.81. The highest BCUT2D eigenvalue weighted by Crippen LogP contribution is 2.48. The van der Waals surface area contributed by atoms with E-state index in [1.807, 2.05) is 44.2 Å². The quantitative estimate of drug-likeness (QED) is 0.0139. The van der Waals surface area contributed by atoms with Gasteiger partial charge in [-0.3, -0.25) is 19.5 Å². The number of amides is 1. The Morgan fingerprint density at radius 3 is 2.43 bits per heavy atom. The molecule has 1 amide bonds. The van der Waals surface area contributed by atoms with Crippen LogP contribution in [0.15, 0.2) is 107 Å². The number of hydrogen-bond donors (Lipinski definition) is 2. The van der Waals surface area contributed by atoms with Crippen LogP contribution in [0, 0.1) is 17.0 Å². The van der Waals surface area contributed by atoms with Gasteiger partial charge in [0.2, 0.25) is 11.6 Å². The van der Waals surface area contributed by atoms with E-state index in [1.165, 1.54) is 28.6 Å². The number of aryl methyl sites for hydroxylation is 2. The second kappa shape index (κ2) is 18.8. The van der Waals surface area contributed by atoms with Gasteiger partial charge in [-0.1, -0.05) is 67.0 Å². The standard InChI is InChI=1S/C44H53N7O6S/c1-32-18-24-38-36(30-32)43(2,3)40(50(38)29-12-14-33-19-21-34(22-20-33)51(53)54)15-8-6-9-16-41-44(4,5)37-31-35(58(55,56)57)23-25-39(37)49(41)28-11-7-10-17-42(52)46-26-13-27-47-48-45/h6,8-9,15-16,18-25,30-31H,7,10-14,17,26-29H2,1-5H3,(H-,46,52,55,56,57)/p+1. The first-order valence-electron chi connectivity index (χ1n) is 19.8. The molecule has 3 aromatic carbocycles. The minimum Gasteiger partial charge on any atom is -0.356 e. The van der Waals surface area contributed by atoms with Gasteiger partial charge in [-0.15, -0.1) is 0 Å². The molecule has 3 aromatic rings. The molecule has 2 N–H and O–H groups in total. The first-order chi connectivity index (χ1) is 27.5. The summed E-state index contributed by atoms with van der Waals surface area (Å²) in [5, 5.41) is 17.5. The highest BCUT2D eigenvalue weighted by atomic mass is 32.2. The fourth-order valence-corrected chi connectivity index (χ4v) is 8.42. The van der Waals surface area contributed by atoms with E-state index >= 15 is 0 Å². The van der Waals surface area contributed by atoms with Crippen LogP contribution in [0.5, 0.6) is 0 Å². The van der Waals surface area contributed by atoms with Gasteiger partial charge in [0.25, 0.3) is 15.8 Å². The molecule has 0 aliphatic carbocycles. The van der Waals surface area contributed by atoms with Crippen LogP contribution in [0.2, 0.25) is 0 Å².